The average Bonchev–Trinajstić information content (AvgIpc) is 2.86. The van der Waals surface area contributed by atoms with Crippen LogP contribution in [0.15, 0.2) is 35.9 Å². The molecule has 0 radical (unpaired) electrons. The number of allylic oxidation sites excluding steroid dienone is 4. The minimum absolute atomic E-state index is 0.137. The summed E-state index contributed by atoms with van der Waals surface area (Å²) in [7, 11) is 0.586. The largest absolute Gasteiger partial charge is 0.496 e. The van der Waals surface area contributed by atoms with Crippen molar-refractivity contribution in [2.75, 3.05) is 7.11 Å². The zero-order valence-electron chi connectivity index (χ0n) is 16.9. The maximum atomic E-state index is 5.82. The summed E-state index contributed by atoms with van der Waals surface area (Å²) in [4.78, 5) is 0. The van der Waals surface area contributed by atoms with Crippen LogP contribution < -0.4 is 4.74 Å². The predicted octanol–water partition coefficient (Wildman–Crippen LogP) is 6.65. The second-order valence-corrected chi connectivity index (χ2v) is 14.8. The smallest absolute Gasteiger partial charge is 0.125 e. The number of benzene rings is 1. The first-order valence-electron chi connectivity index (χ1n) is 9.00. The lowest BCUT2D eigenvalue weighted by Crippen LogP contribution is -2.25. The van der Waals surface area contributed by atoms with Gasteiger partial charge in [-0.15, -0.1) is 0 Å². The summed E-state index contributed by atoms with van der Waals surface area (Å²) in [6.07, 6.45) is 7.32. The molecule has 0 aromatic heterocycles. The monoisotopic (exact) mass is 342 g/mol. The van der Waals surface area contributed by atoms with Crippen molar-refractivity contribution in [3.8, 4) is 5.75 Å². The van der Waals surface area contributed by atoms with Crippen molar-refractivity contribution >= 4 is 8.07 Å². The number of aryl methyl sites for hydroxylation is 2. The second-order valence-electron chi connectivity index (χ2n) is 9.42. The first kappa shape index (κ1) is 19.0. The highest BCUT2D eigenvalue weighted by Crippen LogP contribution is 2.48. The highest BCUT2D eigenvalue weighted by molar-refractivity contribution is 6.78. The molecule has 2 rings (SSSR count). The second kappa shape index (κ2) is 6.55. The molecule has 1 aromatic rings. The quantitative estimate of drug-likeness (QED) is 0.557. The molecule has 2 atom stereocenters. The molecule has 24 heavy (non-hydrogen) atoms. The Balaban J connectivity index is 2.60. The van der Waals surface area contributed by atoms with E-state index < -0.39 is 8.07 Å². The highest BCUT2D eigenvalue weighted by atomic mass is 28.3. The van der Waals surface area contributed by atoms with E-state index in [9.17, 15) is 0 Å². The Morgan fingerprint density at radius 1 is 1.08 bits per heavy atom. The predicted molar refractivity (Wildman–Crippen MR) is 109 cm³/mol. The van der Waals surface area contributed by atoms with Crippen LogP contribution >= 0.6 is 0 Å². The van der Waals surface area contributed by atoms with Gasteiger partial charge in [0.2, 0.25) is 0 Å². The number of hydrogen-bond donors (Lipinski definition) is 0. The SMILES string of the molecule is COc1c(C)cc(C)cc1C(C1=CC([Si](C)(C)C)C=C1)C(C)(C)C. The lowest BCUT2D eigenvalue weighted by Gasteiger charge is -2.34. The van der Waals surface area contributed by atoms with Gasteiger partial charge in [0.15, 0.2) is 0 Å². The first-order chi connectivity index (χ1) is 10.9. The Morgan fingerprint density at radius 3 is 2.17 bits per heavy atom. The van der Waals surface area contributed by atoms with Crippen LogP contribution in [-0.4, -0.2) is 15.2 Å². The van der Waals surface area contributed by atoms with Crippen LogP contribution in [0.25, 0.3) is 0 Å². The van der Waals surface area contributed by atoms with Gasteiger partial charge in [-0.05, 0) is 35.9 Å². The molecule has 1 nitrogen and oxygen atoms in total. The number of hydrogen-bond acceptors (Lipinski definition) is 1. The maximum absolute atomic E-state index is 5.82. The van der Waals surface area contributed by atoms with Crippen LogP contribution in [0.3, 0.4) is 0 Å². The van der Waals surface area contributed by atoms with Crippen LogP contribution in [0, 0.1) is 19.3 Å². The zero-order chi connectivity index (χ0) is 18.3. The molecule has 0 amide bonds. The van der Waals surface area contributed by atoms with Crippen LogP contribution in [0.5, 0.6) is 5.75 Å². The van der Waals surface area contributed by atoms with E-state index in [1.807, 2.05) is 0 Å². The third kappa shape index (κ3) is 3.85. The van der Waals surface area contributed by atoms with Crippen molar-refractivity contribution in [3.63, 3.8) is 0 Å². The van der Waals surface area contributed by atoms with Crippen molar-refractivity contribution in [1.29, 1.82) is 0 Å². The minimum Gasteiger partial charge on any atom is -0.496 e. The third-order valence-corrected chi connectivity index (χ3v) is 7.39. The molecule has 2 unspecified atom stereocenters. The van der Waals surface area contributed by atoms with Gasteiger partial charge in [-0.25, -0.2) is 0 Å². The fraction of sp³-hybridized carbons (Fsp3) is 0.545. The van der Waals surface area contributed by atoms with Gasteiger partial charge in [-0.2, -0.15) is 0 Å². The molecule has 2 heteroatoms. The van der Waals surface area contributed by atoms with Crippen molar-refractivity contribution < 1.29 is 4.74 Å². The standard InChI is InChI=1S/C22H34OSi/c1-15-12-16(2)21(23-6)19(13-15)20(22(3,4)5)17-10-11-18(14-17)24(7,8)9/h10-14,18,20H,1-9H3. The fourth-order valence-corrected chi connectivity index (χ4v) is 5.26. The van der Waals surface area contributed by atoms with E-state index in [0.717, 1.165) is 5.75 Å². The van der Waals surface area contributed by atoms with Crippen molar-refractivity contribution in [1.82, 2.24) is 0 Å². The molecule has 132 valence electrons. The Hall–Kier alpha value is -1.28. The van der Waals surface area contributed by atoms with Crippen LogP contribution in [-0.2, 0) is 0 Å². The summed E-state index contributed by atoms with van der Waals surface area (Å²) in [5.41, 5.74) is 6.09. The number of methoxy groups -OCH3 is 1. The lowest BCUT2D eigenvalue weighted by molar-refractivity contribution is 0.340. The first-order valence-corrected chi connectivity index (χ1v) is 12.6. The summed E-state index contributed by atoms with van der Waals surface area (Å²) in [5.74, 6) is 1.40. The topological polar surface area (TPSA) is 9.23 Å². The molecule has 0 saturated heterocycles. The fourth-order valence-electron chi connectivity index (χ4n) is 3.89. The molecule has 0 saturated carbocycles. The van der Waals surface area contributed by atoms with E-state index in [2.05, 4.69) is 84.6 Å². The molecule has 0 aliphatic heterocycles. The number of rotatable bonds is 4. The van der Waals surface area contributed by atoms with E-state index in [1.54, 1.807) is 7.11 Å². The summed E-state index contributed by atoms with van der Waals surface area (Å²) in [6, 6.07) is 4.53. The molecule has 0 spiro atoms. The maximum Gasteiger partial charge on any atom is 0.125 e. The molecule has 1 aliphatic carbocycles. The molecular weight excluding hydrogens is 308 g/mol. The van der Waals surface area contributed by atoms with E-state index in [-0.39, 0.29) is 5.41 Å². The van der Waals surface area contributed by atoms with Gasteiger partial charge in [0, 0.05) is 11.5 Å². The Kier molecular flexibility index (Phi) is 5.20. The van der Waals surface area contributed by atoms with Crippen LogP contribution in [0.4, 0.5) is 0 Å². The molecule has 0 heterocycles. The summed E-state index contributed by atoms with van der Waals surface area (Å²) in [6.45, 7) is 18.7. The van der Waals surface area contributed by atoms with Crippen molar-refractivity contribution in [3.05, 3.63) is 52.6 Å². The van der Waals surface area contributed by atoms with Crippen LogP contribution in [0.1, 0.15) is 43.4 Å². The van der Waals surface area contributed by atoms with Crippen molar-refractivity contribution in [2.24, 2.45) is 5.41 Å². The zero-order valence-corrected chi connectivity index (χ0v) is 17.9. The normalized spacial score (nSPS) is 19.4. The Labute approximate surface area is 149 Å². The molecular formula is C22H34OSi. The van der Waals surface area contributed by atoms with Gasteiger partial charge in [0.1, 0.15) is 5.75 Å². The summed E-state index contributed by atoms with van der Waals surface area (Å²) < 4.78 is 5.82. The van der Waals surface area contributed by atoms with E-state index in [1.165, 1.54) is 22.3 Å². The van der Waals surface area contributed by atoms with Gasteiger partial charge in [-0.1, -0.05) is 76.3 Å². The number of ether oxygens (including phenoxy) is 1. The molecule has 0 N–H and O–H groups in total. The third-order valence-electron chi connectivity index (χ3n) is 5.03. The Morgan fingerprint density at radius 2 is 1.71 bits per heavy atom. The van der Waals surface area contributed by atoms with Gasteiger partial charge in [0.25, 0.3) is 0 Å². The molecule has 1 aliphatic rings. The van der Waals surface area contributed by atoms with Crippen LogP contribution in [0.2, 0.25) is 25.2 Å². The molecule has 1 aromatic carbocycles. The molecule has 0 bridgehead atoms. The van der Waals surface area contributed by atoms with Gasteiger partial charge < -0.3 is 4.74 Å². The summed E-state index contributed by atoms with van der Waals surface area (Å²) >= 11 is 0. The molecule has 0 fully saturated rings. The van der Waals surface area contributed by atoms with Crippen molar-refractivity contribution in [2.45, 2.75) is 65.7 Å². The van der Waals surface area contributed by atoms with Gasteiger partial charge >= 0.3 is 0 Å². The highest BCUT2D eigenvalue weighted by Gasteiger charge is 2.35. The van der Waals surface area contributed by atoms with E-state index >= 15 is 0 Å². The van der Waals surface area contributed by atoms with E-state index in [0.29, 0.717) is 11.5 Å². The van der Waals surface area contributed by atoms with E-state index in [4.69, 9.17) is 4.74 Å². The lowest BCUT2D eigenvalue weighted by atomic mass is 9.71. The Bertz CT molecular complexity index is 668. The minimum atomic E-state index is -1.21. The average molecular weight is 343 g/mol. The van der Waals surface area contributed by atoms with Gasteiger partial charge in [0.05, 0.1) is 15.2 Å². The summed E-state index contributed by atoms with van der Waals surface area (Å²) in [5, 5.41) is 0. The van der Waals surface area contributed by atoms with Gasteiger partial charge in [-0.3, -0.25) is 0 Å².